The van der Waals surface area contributed by atoms with Crippen LogP contribution in [0.1, 0.15) is 0 Å². The van der Waals surface area contributed by atoms with E-state index in [9.17, 15) is 4.79 Å². The van der Waals surface area contributed by atoms with Crippen molar-refractivity contribution in [2.24, 2.45) is 5.73 Å². The summed E-state index contributed by atoms with van der Waals surface area (Å²) in [6, 6.07) is 8.02. The molecule has 5 nitrogen and oxygen atoms in total. The van der Waals surface area contributed by atoms with Crippen molar-refractivity contribution in [1.82, 2.24) is 0 Å². The number of rotatable bonds is 4. The zero-order chi connectivity index (χ0) is 13.0. The van der Waals surface area contributed by atoms with E-state index in [1.165, 1.54) is 4.90 Å². The van der Waals surface area contributed by atoms with Crippen LogP contribution in [0.15, 0.2) is 24.3 Å². The molecule has 0 saturated carbocycles. The first kappa shape index (κ1) is 12.7. The van der Waals surface area contributed by atoms with Crippen LogP contribution in [-0.4, -0.2) is 45.7 Å². The molecule has 0 atom stereocenters. The summed E-state index contributed by atoms with van der Waals surface area (Å²) in [5.41, 5.74) is 6.34. The van der Waals surface area contributed by atoms with Crippen LogP contribution < -0.4 is 20.3 Å². The molecule has 0 spiro atoms. The number of anilines is 1. The lowest BCUT2D eigenvalue weighted by molar-refractivity contribution is -0.892. The SMILES string of the molecule is COc1ccccc1N1CC[NH+](CC(N)=O)CC1. The number of amides is 1. The number of nitrogens with zero attached hydrogens (tertiary/aromatic N) is 1. The topological polar surface area (TPSA) is 60.0 Å². The van der Waals surface area contributed by atoms with Crippen LogP contribution in [0.4, 0.5) is 5.69 Å². The quantitative estimate of drug-likeness (QED) is 0.712. The highest BCUT2D eigenvalue weighted by atomic mass is 16.5. The number of primary amides is 1. The standard InChI is InChI=1S/C13H19N3O2/c1-18-12-5-3-2-4-11(12)16-8-6-15(7-9-16)10-13(14)17/h2-5H,6-10H2,1H3,(H2,14,17)/p+1. The summed E-state index contributed by atoms with van der Waals surface area (Å²) >= 11 is 0. The molecule has 0 aliphatic carbocycles. The van der Waals surface area contributed by atoms with Gasteiger partial charge in [0.15, 0.2) is 6.54 Å². The molecular formula is C13H20N3O2+. The number of carbonyl (C=O) groups excluding carboxylic acids is 1. The first-order valence-electron chi connectivity index (χ1n) is 6.20. The highest BCUT2D eigenvalue weighted by Crippen LogP contribution is 2.27. The second kappa shape index (κ2) is 5.73. The lowest BCUT2D eigenvalue weighted by Gasteiger charge is -2.33. The Morgan fingerprint density at radius 1 is 1.39 bits per heavy atom. The minimum atomic E-state index is -0.226. The molecule has 98 valence electrons. The smallest absolute Gasteiger partial charge is 0.272 e. The summed E-state index contributed by atoms with van der Waals surface area (Å²) in [4.78, 5) is 14.4. The molecule has 0 aromatic heterocycles. The Morgan fingerprint density at radius 2 is 2.06 bits per heavy atom. The van der Waals surface area contributed by atoms with Crippen molar-refractivity contribution in [3.05, 3.63) is 24.3 Å². The van der Waals surface area contributed by atoms with Gasteiger partial charge in [-0.1, -0.05) is 12.1 Å². The fourth-order valence-electron chi connectivity index (χ4n) is 2.38. The summed E-state index contributed by atoms with van der Waals surface area (Å²) in [6.07, 6.45) is 0. The van der Waals surface area contributed by atoms with Gasteiger partial charge in [0.25, 0.3) is 5.91 Å². The van der Waals surface area contributed by atoms with Gasteiger partial charge in [-0.05, 0) is 12.1 Å². The van der Waals surface area contributed by atoms with E-state index in [0.29, 0.717) is 6.54 Å². The number of methoxy groups -OCH3 is 1. The Labute approximate surface area is 107 Å². The molecule has 1 amide bonds. The Bertz CT molecular complexity index is 414. The van der Waals surface area contributed by atoms with Crippen molar-refractivity contribution >= 4 is 11.6 Å². The van der Waals surface area contributed by atoms with E-state index < -0.39 is 0 Å². The van der Waals surface area contributed by atoms with Crippen LogP contribution in [-0.2, 0) is 4.79 Å². The van der Waals surface area contributed by atoms with Gasteiger partial charge in [0.2, 0.25) is 0 Å². The van der Waals surface area contributed by atoms with E-state index in [0.717, 1.165) is 37.6 Å². The predicted octanol–water partition coefficient (Wildman–Crippen LogP) is -1.11. The molecule has 1 aromatic carbocycles. The molecule has 0 bridgehead atoms. The van der Waals surface area contributed by atoms with Crippen molar-refractivity contribution in [2.75, 3.05) is 44.7 Å². The van der Waals surface area contributed by atoms with E-state index >= 15 is 0 Å². The number of quaternary nitrogens is 1. The normalized spacial score (nSPS) is 16.6. The van der Waals surface area contributed by atoms with E-state index in [1.807, 2.05) is 18.2 Å². The van der Waals surface area contributed by atoms with Crippen LogP contribution in [0.25, 0.3) is 0 Å². The zero-order valence-corrected chi connectivity index (χ0v) is 10.7. The molecule has 1 fully saturated rings. The van der Waals surface area contributed by atoms with Crippen molar-refractivity contribution in [2.45, 2.75) is 0 Å². The van der Waals surface area contributed by atoms with Crippen LogP contribution in [0, 0.1) is 0 Å². The van der Waals surface area contributed by atoms with Gasteiger partial charge in [-0.15, -0.1) is 0 Å². The number of piperazine rings is 1. The molecule has 0 unspecified atom stereocenters. The van der Waals surface area contributed by atoms with Crippen LogP contribution in [0.5, 0.6) is 5.75 Å². The lowest BCUT2D eigenvalue weighted by atomic mass is 10.2. The number of nitrogens with two attached hydrogens (primary N) is 1. The number of ether oxygens (including phenoxy) is 1. The lowest BCUT2D eigenvalue weighted by Crippen LogP contribution is -3.15. The Hall–Kier alpha value is -1.75. The summed E-state index contributed by atoms with van der Waals surface area (Å²) in [5.74, 6) is 0.673. The van der Waals surface area contributed by atoms with Gasteiger partial charge < -0.3 is 20.3 Å². The fraction of sp³-hybridized carbons (Fsp3) is 0.462. The number of carbonyl (C=O) groups is 1. The molecule has 1 aliphatic heterocycles. The van der Waals surface area contributed by atoms with Gasteiger partial charge in [-0.3, -0.25) is 4.79 Å². The third kappa shape index (κ3) is 2.92. The first-order valence-corrected chi connectivity index (χ1v) is 6.20. The Morgan fingerprint density at radius 3 is 2.67 bits per heavy atom. The third-order valence-corrected chi connectivity index (χ3v) is 3.32. The largest absolute Gasteiger partial charge is 0.495 e. The van der Waals surface area contributed by atoms with Crippen molar-refractivity contribution in [1.29, 1.82) is 0 Å². The maximum absolute atomic E-state index is 10.9. The van der Waals surface area contributed by atoms with Crippen molar-refractivity contribution in [3.8, 4) is 5.75 Å². The molecule has 3 N–H and O–H groups in total. The molecule has 18 heavy (non-hydrogen) atoms. The van der Waals surface area contributed by atoms with Gasteiger partial charge in [0, 0.05) is 0 Å². The van der Waals surface area contributed by atoms with Gasteiger partial charge in [0.05, 0.1) is 39.0 Å². The number of para-hydroxylation sites is 2. The molecule has 1 saturated heterocycles. The molecule has 1 aliphatic rings. The molecule has 1 heterocycles. The molecular weight excluding hydrogens is 230 g/mol. The van der Waals surface area contributed by atoms with E-state index in [-0.39, 0.29) is 5.91 Å². The van der Waals surface area contributed by atoms with E-state index in [2.05, 4.69) is 11.0 Å². The minimum Gasteiger partial charge on any atom is -0.495 e. The number of benzene rings is 1. The van der Waals surface area contributed by atoms with E-state index in [4.69, 9.17) is 10.5 Å². The number of hydrogen-bond donors (Lipinski definition) is 2. The summed E-state index contributed by atoms with van der Waals surface area (Å²) in [7, 11) is 1.69. The Kier molecular flexibility index (Phi) is 4.04. The number of nitrogens with one attached hydrogen (secondary N) is 1. The maximum atomic E-state index is 10.9. The van der Waals surface area contributed by atoms with Gasteiger partial charge in [-0.25, -0.2) is 0 Å². The van der Waals surface area contributed by atoms with Crippen LogP contribution >= 0.6 is 0 Å². The number of hydrogen-bond acceptors (Lipinski definition) is 3. The highest BCUT2D eigenvalue weighted by Gasteiger charge is 2.22. The average Bonchev–Trinajstić information content (AvgIpc) is 2.39. The zero-order valence-electron chi connectivity index (χ0n) is 10.7. The van der Waals surface area contributed by atoms with Crippen LogP contribution in [0.2, 0.25) is 0 Å². The third-order valence-electron chi connectivity index (χ3n) is 3.32. The second-order valence-electron chi connectivity index (χ2n) is 4.55. The predicted molar refractivity (Wildman–Crippen MR) is 70.0 cm³/mol. The molecule has 5 heteroatoms. The fourth-order valence-corrected chi connectivity index (χ4v) is 2.38. The summed E-state index contributed by atoms with van der Waals surface area (Å²) in [6.45, 7) is 4.13. The van der Waals surface area contributed by atoms with Gasteiger partial charge in [-0.2, -0.15) is 0 Å². The van der Waals surface area contributed by atoms with Gasteiger partial charge >= 0.3 is 0 Å². The van der Waals surface area contributed by atoms with Crippen molar-refractivity contribution in [3.63, 3.8) is 0 Å². The summed E-state index contributed by atoms with van der Waals surface area (Å²) in [5, 5.41) is 0. The average molecular weight is 250 g/mol. The van der Waals surface area contributed by atoms with Crippen LogP contribution in [0.3, 0.4) is 0 Å². The monoisotopic (exact) mass is 250 g/mol. The summed E-state index contributed by atoms with van der Waals surface area (Å²) < 4.78 is 5.37. The van der Waals surface area contributed by atoms with Gasteiger partial charge in [0.1, 0.15) is 5.75 Å². The minimum absolute atomic E-state index is 0.226. The van der Waals surface area contributed by atoms with Crippen molar-refractivity contribution < 1.29 is 14.4 Å². The molecule has 0 radical (unpaired) electrons. The first-order chi connectivity index (χ1) is 8.70. The van der Waals surface area contributed by atoms with E-state index in [1.54, 1.807) is 7.11 Å². The Balaban J connectivity index is 1.99. The molecule has 1 aromatic rings. The maximum Gasteiger partial charge on any atom is 0.272 e. The highest BCUT2D eigenvalue weighted by molar-refractivity contribution is 5.74. The molecule has 2 rings (SSSR count). The second-order valence-corrected chi connectivity index (χ2v) is 4.55.